The van der Waals surface area contributed by atoms with Crippen LogP contribution < -0.4 is 5.32 Å². The Balaban J connectivity index is 1.99. The normalized spacial score (nSPS) is 14.0. The maximum absolute atomic E-state index is 13.6. The third-order valence-electron chi connectivity index (χ3n) is 3.25. The Bertz CT molecular complexity index is 524. The third kappa shape index (κ3) is 3.66. The molecule has 106 valence electrons. The molecule has 0 saturated heterocycles. The lowest BCUT2D eigenvalue weighted by Gasteiger charge is -2.19. The van der Waals surface area contributed by atoms with Crippen LogP contribution in [0.15, 0.2) is 53.0 Å². The number of rotatable bonds is 5. The molecule has 0 aliphatic heterocycles. The van der Waals surface area contributed by atoms with Crippen LogP contribution in [0.1, 0.15) is 30.2 Å². The standard InChI is InChI=1S/C16H17BrFNO/c1-11(12-6-2-4-8-14(12)17)19-10-16(20)13-7-3-5-9-15(13)18/h2-9,11,16,19-20H,10H2,1H3/t11-,16?/m0/s1. The Morgan fingerprint density at radius 1 is 1.10 bits per heavy atom. The van der Waals surface area contributed by atoms with Crippen molar-refractivity contribution in [1.29, 1.82) is 0 Å². The zero-order chi connectivity index (χ0) is 14.5. The molecule has 0 bridgehead atoms. The van der Waals surface area contributed by atoms with Gasteiger partial charge in [0.1, 0.15) is 5.82 Å². The zero-order valence-corrected chi connectivity index (χ0v) is 12.8. The van der Waals surface area contributed by atoms with Crippen LogP contribution in [0, 0.1) is 5.82 Å². The van der Waals surface area contributed by atoms with Gasteiger partial charge in [0.2, 0.25) is 0 Å². The molecule has 2 aromatic carbocycles. The Morgan fingerprint density at radius 3 is 2.35 bits per heavy atom. The average molecular weight is 338 g/mol. The van der Waals surface area contributed by atoms with Crippen molar-refractivity contribution in [3.63, 3.8) is 0 Å². The van der Waals surface area contributed by atoms with Crippen molar-refractivity contribution in [2.45, 2.75) is 19.1 Å². The van der Waals surface area contributed by atoms with Gasteiger partial charge in [0.25, 0.3) is 0 Å². The molecule has 0 spiro atoms. The predicted molar refractivity (Wildman–Crippen MR) is 81.9 cm³/mol. The molecule has 0 aromatic heterocycles. The van der Waals surface area contributed by atoms with E-state index in [1.165, 1.54) is 6.07 Å². The van der Waals surface area contributed by atoms with Crippen LogP contribution in [-0.4, -0.2) is 11.7 Å². The van der Waals surface area contributed by atoms with Gasteiger partial charge in [0.05, 0.1) is 6.10 Å². The highest BCUT2D eigenvalue weighted by atomic mass is 79.9. The summed E-state index contributed by atoms with van der Waals surface area (Å²) in [6, 6.07) is 14.3. The first kappa shape index (κ1) is 15.2. The van der Waals surface area contributed by atoms with Crippen molar-refractivity contribution in [2.75, 3.05) is 6.54 Å². The highest BCUT2D eigenvalue weighted by molar-refractivity contribution is 9.10. The third-order valence-corrected chi connectivity index (χ3v) is 3.98. The van der Waals surface area contributed by atoms with Gasteiger partial charge < -0.3 is 10.4 Å². The van der Waals surface area contributed by atoms with Crippen LogP contribution >= 0.6 is 15.9 Å². The molecule has 2 atom stereocenters. The molecule has 0 aliphatic carbocycles. The minimum Gasteiger partial charge on any atom is -0.387 e. The molecular formula is C16H17BrFNO. The summed E-state index contributed by atoms with van der Waals surface area (Å²) in [5.41, 5.74) is 1.42. The maximum Gasteiger partial charge on any atom is 0.129 e. The molecule has 0 aliphatic rings. The number of hydrogen-bond acceptors (Lipinski definition) is 2. The van der Waals surface area contributed by atoms with Crippen molar-refractivity contribution in [3.05, 3.63) is 69.9 Å². The summed E-state index contributed by atoms with van der Waals surface area (Å²) in [6.45, 7) is 2.30. The largest absolute Gasteiger partial charge is 0.387 e. The summed E-state index contributed by atoms with van der Waals surface area (Å²) in [5.74, 6) is -0.379. The molecule has 4 heteroatoms. The van der Waals surface area contributed by atoms with Crippen LogP contribution in [0.25, 0.3) is 0 Å². The number of nitrogens with one attached hydrogen (secondary N) is 1. The van der Waals surface area contributed by atoms with Crippen molar-refractivity contribution in [2.24, 2.45) is 0 Å². The van der Waals surface area contributed by atoms with Gasteiger partial charge in [0.15, 0.2) is 0 Å². The minimum atomic E-state index is -0.860. The van der Waals surface area contributed by atoms with Crippen LogP contribution in [0.4, 0.5) is 4.39 Å². The lowest BCUT2D eigenvalue weighted by Crippen LogP contribution is -2.25. The molecule has 20 heavy (non-hydrogen) atoms. The topological polar surface area (TPSA) is 32.3 Å². The van der Waals surface area contributed by atoms with Crippen LogP contribution in [-0.2, 0) is 0 Å². The van der Waals surface area contributed by atoms with Crippen molar-refractivity contribution < 1.29 is 9.50 Å². The summed E-state index contributed by atoms with van der Waals surface area (Å²) >= 11 is 3.50. The van der Waals surface area contributed by atoms with E-state index in [0.717, 1.165) is 10.0 Å². The molecule has 1 unspecified atom stereocenters. The number of aliphatic hydroxyl groups excluding tert-OH is 1. The number of halogens is 2. The Kier molecular flexibility index (Phi) is 5.29. The van der Waals surface area contributed by atoms with Gasteiger partial charge in [-0.3, -0.25) is 0 Å². The van der Waals surface area contributed by atoms with Gasteiger partial charge in [-0.05, 0) is 24.6 Å². The Labute approximate surface area is 126 Å². The van der Waals surface area contributed by atoms with E-state index in [0.29, 0.717) is 12.1 Å². The summed E-state index contributed by atoms with van der Waals surface area (Å²) in [5, 5.41) is 13.3. The molecule has 0 amide bonds. The fraction of sp³-hybridized carbons (Fsp3) is 0.250. The summed E-state index contributed by atoms with van der Waals surface area (Å²) in [7, 11) is 0. The molecule has 0 fully saturated rings. The molecule has 2 nitrogen and oxygen atoms in total. The molecule has 0 heterocycles. The second kappa shape index (κ2) is 6.97. The molecular weight excluding hydrogens is 321 g/mol. The van der Waals surface area contributed by atoms with E-state index in [2.05, 4.69) is 21.2 Å². The fourth-order valence-corrected chi connectivity index (χ4v) is 2.71. The smallest absolute Gasteiger partial charge is 0.129 e. The van der Waals surface area contributed by atoms with Crippen LogP contribution in [0.3, 0.4) is 0 Å². The zero-order valence-electron chi connectivity index (χ0n) is 11.2. The summed E-state index contributed by atoms with van der Waals surface area (Å²) in [6.07, 6.45) is -0.860. The number of hydrogen-bond donors (Lipinski definition) is 2. The van der Waals surface area contributed by atoms with Crippen LogP contribution in [0.5, 0.6) is 0 Å². The van der Waals surface area contributed by atoms with Crippen molar-refractivity contribution >= 4 is 15.9 Å². The van der Waals surface area contributed by atoms with Gasteiger partial charge in [-0.15, -0.1) is 0 Å². The maximum atomic E-state index is 13.6. The number of benzene rings is 2. The summed E-state index contributed by atoms with van der Waals surface area (Å²) < 4.78 is 14.6. The minimum absolute atomic E-state index is 0.0620. The van der Waals surface area contributed by atoms with E-state index in [4.69, 9.17) is 0 Å². The molecule has 2 aromatic rings. The Hall–Kier alpha value is -1.23. The predicted octanol–water partition coefficient (Wildman–Crippen LogP) is 3.97. The van der Waals surface area contributed by atoms with Crippen LogP contribution in [0.2, 0.25) is 0 Å². The van der Waals surface area contributed by atoms with Crippen molar-refractivity contribution in [1.82, 2.24) is 5.32 Å². The van der Waals surface area contributed by atoms with E-state index in [9.17, 15) is 9.50 Å². The molecule has 2 rings (SSSR count). The monoisotopic (exact) mass is 337 g/mol. The number of aliphatic hydroxyl groups is 1. The lowest BCUT2D eigenvalue weighted by atomic mass is 10.1. The lowest BCUT2D eigenvalue weighted by molar-refractivity contribution is 0.166. The SMILES string of the molecule is C[C@H](NCC(O)c1ccccc1F)c1ccccc1Br. The van der Waals surface area contributed by atoms with E-state index >= 15 is 0 Å². The van der Waals surface area contributed by atoms with Gasteiger partial charge in [-0.2, -0.15) is 0 Å². The summed E-state index contributed by atoms with van der Waals surface area (Å²) in [4.78, 5) is 0. The molecule has 2 N–H and O–H groups in total. The van der Waals surface area contributed by atoms with E-state index in [1.807, 2.05) is 31.2 Å². The second-order valence-corrected chi connectivity index (χ2v) is 5.54. The average Bonchev–Trinajstić information content (AvgIpc) is 2.45. The fourth-order valence-electron chi connectivity index (χ4n) is 2.08. The molecule has 0 saturated carbocycles. The van der Waals surface area contributed by atoms with Gasteiger partial charge >= 0.3 is 0 Å². The second-order valence-electron chi connectivity index (χ2n) is 4.69. The first-order valence-corrected chi connectivity index (χ1v) is 7.29. The van der Waals surface area contributed by atoms with Crippen molar-refractivity contribution in [3.8, 4) is 0 Å². The quantitative estimate of drug-likeness (QED) is 0.865. The van der Waals surface area contributed by atoms with E-state index in [-0.39, 0.29) is 11.9 Å². The van der Waals surface area contributed by atoms with Gasteiger partial charge in [0, 0.05) is 22.6 Å². The van der Waals surface area contributed by atoms with Gasteiger partial charge in [-0.1, -0.05) is 52.3 Å². The highest BCUT2D eigenvalue weighted by Gasteiger charge is 2.14. The van der Waals surface area contributed by atoms with E-state index < -0.39 is 6.10 Å². The molecule has 0 radical (unpaired) electrons. The van der Waals surface area contributed by atoms with E-state index in [1.54, 1.807) is 18.2 Å². The van der Waals surface area contributed by atoms with Gasteiger partial charge in [-0.25, -0.2) is 4.39 Å². The Morgan fingerprint density at radius 2 is 1.70 bits per heavy atom. The first-order chi connectivity index (χ1) is 9.59. The highest BCUT2D eigenvalue weighted by Crippen LogP contribution is 2.23. The first-order valence-electron chi connectivity index (χ1n) is 6.50.